The van der Waals surface area contributed by atoms with Crippen LogP contribution in [0.5, 0.6) is 0 Å². The van der Waals surface area contributed by atoms with Gasteiger partial charge in [0.05, 0.1) is 0 Å². The van der Waals surface area contributed by atoms with Gasteiger partial charge in [-0.3, -0.25) is 9.59 Å². The van der Waals surface area contributed by atoms with Gasteiger partial charge in [-0.25, -0.2) is 0 Å². The molecule has 2 amide bonds. The molecule has 5 nitrogen and oxygen atoms in total. The van der Waals surface area contributed by atoms with E-state index in [9.17, 15) is 9.59 Å². The quantitative estimate of drug-likeness (QED) is 0.833. The smallest absolute Gasteiger partial charge is 0.245 e. The van der Waals surface area contributed by atoms with Crippen LogP contribution in [0.2, 0.25) is 0 Å². The van der Waals surface area contributed by atoms with E-state index in [1.54, 1.807) is 0 Å². The van der Waals surface area contributed by atoms with Crippen molar-refractivity contribution in [1.82, 2.24) is 15.1 Å². The Morgan fingerprint density at radius 1 is 1.18 bits per heavy atom. The van der Waals surface area contributed by atoms with Crippen molar-refractivity contribution in [3.63, 3.8) is 0 Å². The number of rotatable bonds is 5. The minimum absolute atomic E-state index is 0. The van der Waals surface area contributed by atoms with Crippen LogP contribution in [0.3, 0.4) is 0 Å². The number of hydrogen-bond donors (Lipinski definition) is 1. The van der Waals surface area contributed by atoms with Gasteiger partial charge in [0.15, 0.2) is 0 Å². The molecular weight excluding hydrogens is 302 g/mol. The molecule has 2 aliphatic rings. The number of piperidine rings is 1. The molecule has 6 heteroatoms. The standard InChI is InChI=1S/C16H29N3O2.ClH/c1-3-6-15(20)19-10-5-8-14(19)16(21)18-9-4-7-13(12-18)11-17-2;/h13-14,17H,3-12H2,1-2H3;1H. The van der Waals surface area contributed by atoms with Gasteiger partial charge in [0.2, 0.25) is 11.8 Å². The van der Waals surface area contributed by atoms with Crippen LogP contribution in [0.25, 0.3) is 0 Å². The van der Waals surface area contributed by atoms with E-state index in [0.29, 0.717) is 12.3 Å². The third kappa shape index (κ3) is 4.59. The molecule has 0 radical (unpaired) electrons. The van der Waals surface area contributed by atoms with E-state index in [2.05, 4.69) is 5.32 Å². The van der Waals surface area contributed by atoms with E-state index in [1.165, 1.54) is 6.42 Å². The van der Waals surface area contributed by atoms with Crippen LogP contribution in [-0.4, -0.2) is 60.9 Å². The number of carbonyl (C=O) groups excluding carboxylic acids is 2. The average molecular weight is 332 g/mol. The Labute approximate surface area is 140 Å². The predicted molar refractivity (Wildman–Crippen MR) is 90.1 cm³/mol. The van der Waals surface area contributed by atoms with E-state index in [4.69, 9.17) is 0 Å². The normalized spacial score (nSPS) is 25.0. The molecule has 0 spiro atoms. The topological polar surface area (TPSA) is 52.7 Å². The Morgan fingerprint density at radius 2 is 1.91 bits per heavy atom. The molecule has 128 valence electrons. The number of likely N-dealkylation sites (tertiary alicyclic amines) is 2. The van der Waals surface area contributed by atoms with Crippen LogP contribution in [0.1, 0.15) is 45.4 Å². The molecular formula is C16H30ClN3O2. The molecule has 2 atom stereocenters. The van der Waals surface area contributed by atoms with Crippen molar-refractivity contribution in [2.75, 3.05) is 33.2 Å². The largest absolute Gasteiger partial charge is 0.341 e. The summed E-state index contributed by atoms with van der Waals surface area (Å²) in [7, 11) is 1.96. The minimum atomic E-state index is -0.197. The van der Waals surface area contributed by atoms with Gasteiger partial charge in [-0.1, -0.05) is 6.92 Å². The second-order valence-corrected chi connectivity index (χ2v) is 6.35. The first-order valence-corrected chi connectivity index (χ1v) is 8.40. The third-order valence-electron chi connectivity index (χ3n) is 4.65. The summed E-state index contributed by atoms with van der Waals surface area (Å²) in [4.78, 5) is 28.8. The molecule has 0 aliphatic carbocycles. The maximum Gasteiger partial charge on any atom is 0.245 e. The molecule has 2 fully saturated rings. The summed E-state index contributed by atoms with van der Waals surface area (Å²) in [6.45, 7) is 5.42. The Hall–Kier alpha value is -0.810. The maximum absolute atomic E-state index is 12.8. The number of nitrogens with zero attached hydrogens (tertiary/aromatic N) is 2. The lowest BCUT2D eigenvalue weighted by Crippen LogP contribution is -2.51. The highest BCUT2D eigenvalue weighted by atomic mass is 35.5. The van der Waals surface area contributed by atoms with Crippen LogP contribution in [-0.2, 0) is 9.59 Å². The third-order valence-corrected chi connectivity index (χ3v) is 4.65. The zero-order valence-electron chi connectivity index (χ0n) is 13.8. The molecule has 0 aromatic heterocycles. The summed E-state index contributed by atoms with van der Waals surface area (Å²) in [5.74, 6) is 0.879. The zero-order valence-corrected chi connectivity index (χ0v) is 14.7. The Kier molecular flexibility index (Phi) is 8.18. The summed E-state index contributed by atoms with van der Waals surface area (Å²) in [5, 5.41) is 3.21. The Morgan fingerprint density at radius 3 is 2.59 bits per heavy atom. The van der Waals surface area contributed by atoms with E-state index >= 15 is 0 Å². The highest BCUT2D eigenvalue weighted by Gasteiger charge is 2.37. The summed E-state index contributed by atoms with van der Waals surface area (Å²) in [6, 6.07) is -0.197. The van der Waals surface area contributed by atoms with Gasteiger partial charge < -0.3 is 15.1 Å². The molecule has 2 heterocycles. The first kappa shape index (κ1) is 19.2. The van der Waals surface area contributed by atoms with Crippen LogP contribution in [0.4, 0.5) is 0 Å². The van der Waals surface area contributed by atoms with E-state index < -0.39 is 0 Å². The van der Waals surface area contributed by atoms with Crippen LogP contribution in [0, 0.1) is 5.92 Å². The van der Waals surface area contributed by atoms with Crippen molar-refractivity contribution >= 4 is 24.2 Å². The van der Waals surface area contributed by atoms with E-state index in [-0.39, 0.29) is 30.3 Å². The fraction of sp³-hybridized carbons (Fsp3) is 0.875. The van der Waals surface area contributed by atoms with Crippen molar-refractivity contribution in [3.8, 4) is 0 Å². The molecule has 0 aromatic carbocycles. The lowest BCUT2D eigenvalue weighted by molar-refractivity contribution is -0.145. The fourth-order valence-electron chi connectivity index (χ4n) is 3.61. The van der Waals surface area contributed by atoms with E-state index in [0.717, 1.165) is 51.9 Å². The maximum atomic E-state index is 12.8. The van der Waals surface area contributed by atoms with Gasteiger partial charge in [0.25, 0.3) is 0 Å². The van der Waals surface area contributed by atoms with Gasteiger partial charge in [0.1, 0.15) is 6.04 Å². The monoisotopic (exact) mass is 331 g/mol. The first-order valence-electron chi connectivity index (χ1n) is 8.40. The Bertz CT molecular complexity index is 376. The Balaban J connectivity index is 0.00000242. The lowest BCUT2D eigenvalue weighted by atomic mass is 9.97. The molecule has 2 aliphatic heterocycles. The molecule has 0 aromatic rings. The second-order valence-electron chi connectivity index (χ2n) is 6.35. The highest BCUT2D eigenvalue weighted by Crippen LogP contribution is 2.24. The lowest BCUT2D eigenvalue weighted by Gasteiger charge is -2.36. The minimum Gasteiger partial charge on any atom is -0.341 e. The molecule has 1 N–H and O–H groups in total. The molecule has 0 bridgehead atoms. The van der Waals surface area contributed by atoms with Crippen molar-refractivity contribution in [1.29, 1.82) is 0 Å². The van der Waals surface area contributed by atoms with Crippen molar-refractivity contribution in [2.45, 2.75) is 51.5 Å². The van der Waals surface area contributed by atoms with Gasteiger partial charge in [0, 0.05) is 26.1 Å². The number of hydrogen-bond acceptors (Lipinski definition) is 3. The van der Waals surface area contributed by atoms with Gasteiger partial charge in [-0.15, -0.1) is 12.4 Å². The van der Waals surface area contributed by atoms with Crippen molar-refractivity contribution in [3.05, 3.63) is 0 Å². The highest BCUT2D eigenvalue weighted by molar-refractivity contribution is 5.88. The fourth-order valence-corrected chi connectivity index (χ4v) is 3.61. The summed E-state index contributed by atoms with van der Waals surface area (Å²) in [6.07, 6.45) is 5.47. The predicted octanol–water partition coefficient (Wildman–Crippen LogP) is 1.66. The number of carbonyl (C=O) groups is 2. The van der Waals surface area contributed by atoms with Gasteiger partial charge in [-0.2, -0.15) is 0 Å². The summed E-state index contributed by atoms with van der Waals surface area (Å²) >= 11 is 0. The summed E-state index contributed by atoms with van der Waals surface area (Å²) in [5.41, 5.74) is 0. The van der Waals surface area contributed by atoms with Crippen molar-refractivity contribution < 1.29 is 9.59 Å². The molecule has 2 unspecified atom stereocenters. The van der Waals surface area contributed by atoms with Crippen LogP contribution >= 0.6 is 12.4 Å². The van der Waals surface area contributed by atoms with Crippen LogP contribution in [0.15, 0.2) is 0 Å². The number of nitrogens with one attached hydrogen (secondary N) is 1. The van der Waals surface area contributed by atoms with Crippen LogP contribution < -0.4 is 5.32 Å². The second kappa shape index (κ2) is 9.36. The molecule has 2 saturated heterocycles. The molecule has 22 heavy (non-hydrogen) atoms. The van der Waals surface area contributed by atoms with Crippen molar-refractivity contribution in [2.24, 2.45) is 5.92 Å². The zero-order chi connectivity index (χ0) is 15.2. The number of halogens is 1. The molecule has 0 saturated carbocycles. The van der Waals surface area contributed by atoms with Gasteiger partial charge in [-0.05, 0) is 51.6 Å². The van der Waals surface area contributed by atoms with Gasteiger partial charge >= 0.3 is 0 Å². The number of amides is 2. The SMILES string of the molecule is CCCC(=O)N1CCCC1C(=O)N1CCCC(CNC)C1.Cl. The first-order chi connectivity index (χ1) is 10.2. The van der Waals surface area contributed by atoms with E-state index in [1.807, 2.05) is 23.8 Å². The average Bonchev–Trinajstić information content (AvgIpc) is 2.97. The molecule has 2 rings (SSSR count). The summed E-state index contributed by atoms with van der Waals surface area (Å²) < 4.78 is 0.